The van der Waals surface area contributed by atoms with E-state index in [0.29, 0.717) is 0 Å². The predicted octanol–water partition coefficient (Wildman–Crippen LogP) is 2.76. The molecule has 0 aliphatic heterocycles. The number of nitrogens with zero attached hydrogens (tertiary/aromatic N) is 1. The van der Waals surface area contributed by atoms with Gasteiger partial charge in [-0.3, -0.25) is 4.79 Å². The number of aryl methyl sites for hydroxylation is 1. The van der Waals surface area contributed by atoms with E-state index in [2.05, 4.69) is 54.0 Å². The van der Waals surface area contributed by atoms with E-state index in [1.807, 2.05) is 25.2 Å². The molecule has 4 nitrogen and oxygen atoms in total. The molecule has 0 fully saturated rings. The summed E-state index contributed by atoms with van der Waals surface area (Å²) in [6.07, 6.45) is 0. The maximum Gasteiger partial charge on any atom is 0.276 e. The lowest BCUT2D eigenvalue weighted by atomic mass is 9.90. The van der Waals surface area contributed by atoms with Crippen molar-refractivity contribution in [1.29, 1.82) is 5.26 Å². The maximum absolute atomic E-state index is 12.4. The van der Waals surface area contributed by atoms with Crippen molar-refractivity contribution in [3.63, 3.8) is 0 Å². The first-order chi connectivity index (χ1) is 11.9. The van der Waals surface area contributed by atoms with Crippen molar-refractivity contribution in [2.24, 2.45) is 5.92 Å². The summed E-state index contributed by atoms with van der Waals surface area (Å²) in [5, 5.41) is 16.3. The fraction of sp³-hybridized carbons (Fsp3) is 0.400. The van der Waals surface area contributed by atoms with Gasteiger partial charge in [0.2, 0.25) is 0 Å². The van der Waals surface area contributed by atoms with Crippen LogP contribution in [0.5, 0.6) is 0 Å². The average molecular weight is 357 g/mol. The van der Waals surface area contributed by atoms with E-state index in [0.717, 1.165) is 0 Å². The fourth-order valence-electron chi connectivity index (χ4n) is 2.53. The average Bonchev–Trinajstić information content (AvgIpc) is 3.10. The first kappa shape index (κ1) is 19.2. The van der Waals surface area contributed by atoms with Crippen molar-refractivity contribution in [3.8, 4) is 6.07 Å². The fourth-order valence-corrected chi connectivity index (χ4v) is 3.38. The number of carbonyl (C=O) groups is 1. The number of hydrogen-bond acceptors (Lipinski definition) is 3. The van der Waals surface area contributed by atoms with Gasteiger partial charge in [-0.1, -0.05) is 49.7 Å². The number of carbonyl (C=O) groups excluding carboxylic acids is 1. The molecule has 0 saturated carbocycles. The Morgan fingerprint density at radius 3 is 2.52 bits per heavy atom. The topological polar surface area (TPSA) is 69.5 Å². The SMILES string of the molecule is Cc1ccc([C@@H]([NH2+]CC(=O)N[C@@](C)(C#N)C(C)C)c2cccs2)cc1. The number of amides is 1. The van der Waals surface area contributed by atoms with Gasteiger partial charge in [0.05, 0.1) is 10.9 Å². The van der Waals surface area contributed by atoms with E-state index in [1.54, 1.807) is 18.3 Å². The van der Waals surface area contributed by atoms with Crippen LogP contribution in [-0.4, -0.2) is 18.0 Å². The van der Waals surface area contributed by atoms with Crippen molar-refractivity contribution < 1.29 is 10.1 Å². The molecule has 1 aromatic heterocycles. The van der Waals surface area contributed by atoms with Crippen LogP contribution < -0.4 is 10.6 Å². The lowest BCUT2D eigenvalue weighted by molar-refractivity contribution is -0.676. The monoisotopic (exact) mass is 356 g/mol. The Bertz CT molecular complexity index is 731. The van der Waals surface area contributed by atoms with E-state index >= 15 is 0 Å². The van der Waals surface area contributed by atoms with Gasteiger partial charge in [0.1, 0.15) is 11.6 Å². The molecule has 3 N–H and O–H groups in total. The minimum absolute atomic E-state index is 0.0478. The largest absolute Gasteiger partial charge is 0.333 e. The molecule has 0 radical (unpaired) electrons. The minimum Gasteiger partial charge on any atom is -0.333 e. The molecule has 2 aromatic rings. The summed E-state index contributed by atoms with van der Waals surface area (Å²) in [5.74, 6) is -0.0712. The Balaban J connectivity index is 2.10. The van der Waals surface area contributed by atoms with Crippen LogP contribution in [0.2, 0.25) is 0 Å². The summed E-state index contributed by atoms with van der Waals surface area (Å²) < 4.78 is 0. The molecule has 2 atom stereocenters. The van der Waals surface area contributed by atoms with Gasteiger partial charge in [-0.15, -0.1) is 11.3 Å². The third kappa shape index (κ3) is 4.91. The first-order valence-electron chi connectivity index (χ1n) is 8.51. The summed E-state index contributed by atoms with van der Waals surface area (Å²) in [6, 6.07) is 14.8. The van der Waals surface area contributed by atoms with Crippen LogP contribution in [0.25, 0.3) is 0 Å². The van der Waals surface area contributed by atoms with Crippen LogP contribution in [0.4, 0.5) is 0 Å². The first-order valence-corrected chi connectivity index (χ1v) is 9.39. The van der Waals surface area contributed by atoms with Gasteiger partial charge >= 0.3 is 0 Å². The van der Waals surface area contributed by atoms with Crippen LogP contribution in [0.1, 0.15) is 42.8 Å². The van der Waals surface area contributed by atoms with Crippen molar-refractivity contribution in [3.05, 3.63) is 57.8 Å². The quantitative estimate of drug-likeness (QED) is 0.801. The molecule has 1 aromatic carbocycles. The third-order valence-corrected chi connectivity index (χ3v) is 5.57. The van der Waals surface area contributed by atoms with Crippen LogP contribution in [0.3, 0.4) is 0 Å². The number of thiophene rings is 1. The molecule has 0 saturated heterocycles. The number of rotatable bonds is 7. The summed E-state index contributed by atoms with van der Waals surface area (Å²) in [7, 11) is 0. The molecule has 0 spiro atoms. The number of nitriles is 1. The van der Waals surface area contributed by atoms with Gasteiger partial charge in [-0.25, -0.2) is 0 Å². The van der Waals surface area contributed by atoms with Gasteiger partial charge in [0, 0.05) is 5.56 Å². The highest BCUT2D eigenvalue weighted by Crippen LogP contribution is 2.23. The van der Waals surface area contributed by atoms with Gasteiger partial charge in [0.15, 0.2) is 6.54 Å². The second-order valence-electron chi connectivity index (χ2n) is 6.86. The molecule has 1 amide bonds. The maximum atomic E-state index is 12.4. The Kier molecular flexibility index (Phi) is 6.35. The number of nitrogens with two attached hydrogens (primary N) is 1. The number of benzene rings is 1. The number of quaternary nitrogens is 1. The Morgan fingerprint density at radius 2 is 2.00 bits per heavy atom. The predicted molar refractivity (Wildman–Crippen MR) is 101 cm³/mol. The van der Waals surface area contributed by atoms with Crippen LogP contribution in [0.15, 0.2) is 41.8 Å². The van der Waals surface area contributed by atoms with E-state index < -0.39 is 5.54 Å². The van der Waals surface area contributed by atoms with E-state index in [-0.39, 0.29) is 24.4 Å². The van der Waals surface area contributed by atoms with Crippen LogP contribution >= 0.6 is 11.3 Å². The zero-order chi connectivity index (χ0) is 18.4. The zero-order valence-corrected chi connectivity index (χ0v) is 16.1. The number of nitrogens with one attached hydrogen (secondary N) is 1. The van der Waals surface area contributed by atoms with Crippen LogP contribution in [0, 0.1) is 24.2 Å². The molecule has 5 heteroatoms. The number of hydrogen-bond donors (Lipinski definition) is 2. The van der Waals surface area contributed by atoms with Gasteiger partial charge in [-0.05, 0) is 31.2 Å². The zero-order valence-electron chi connectivity index (χ0n) is 15.2. The Labute approximate surface area is 153 Å². The van der Waals surface area contributed by atoms with Crippen molar-refractivity contribution in [2.75, 3.05) is 6.54 Å². The highest BCUT2D eigenvalue weighted by atomic mass is 32.1. The standard InChI is InChI=1S/C20H25N3OS/c1-14(2)20(4,13-21)23-18(24)12-22-19(17-6-5-11-25-17)16-9-7-15(3)8-10-16/h5-11,14,19,22H,12H2,1-4H3,(H,23,24)/p+1/t19-,20+/m1/s1. The molecule has 0 aliphatic carbocycles. The van der Waals surface area contributed by atoms with E-state index in [9.17, 15) is 10.1 Å². The Hall–Kier alpha value is -2.16. The molecule has 25 heavy (non-hydrogen) atoms. The molecule has 132 valence electrons. The summed E-state index contributed by atoms with van der Waals surface area (Å²) in [5.41, 5.74) is 1.55. The van der Waals surface area contributed by atoms with Crippen LogP contribution in [-0.2, 0) is 4.79 Å². The molecular weight excluding hydrogens is 330 g/mol. The molecule has 0 bridgehead atoms. The highest BCUT2D eigenvalue weighted by molar-refractivity contribution is 7.10. The molecule has 2 rings (SSSR count). The second kappa shape index (κ2) is 8.28. The van der Waals surface area contributed by atoms with Gasteiger partial charge in [0.25, 0.3) is 5.91 Å². The van der Waals surface area contributed by atoms with E-state index in [1.165, 1.54) is 16.0 Å². The molecular formula is C20H26N3OS+. The minimum atomic E-state index is -0.840. The smallest absolute Gasteiger partial charge is 0.276 e. The lowest BCUT2D eigenvalue weighted by Crippen LogP contribution is -2.88. The van der Waals surface area contributed by atoms with Gasteiger partial charge < -0.3 is 10.6 Å². The summed E-state index contributed by atoms with van der Waals surface area (Å²) in [4.78, 5) is 13.6. The summed E-state index contributed by atoms with van der Waals surface area (Å²) in [6.45, 7) is 7.99. The normalized spacial score (nSPS) is 14.6. The molecule has 1 heterocycles. The highest BCUT2D eigenvalue weighted by Gasteiger charge is 2.31. The third-order valence-electron chi connectivity index (χ3n) is 4.61. The summed E-state index contributed by atoms with van der Waals surface area (Å²) >= 11 is 1.69. The Morgan fingerprint density at radius 1 is 1.32 bits per heavy atom. The molecule has 0 aliphatic rings. The molecule has 0 unspecified atom stereocenters. The van der Waals surface area contributed by atoms with Crippen molar-refractivity contribution in [1.82, 2.24) is 5.32 Å². The van der Waals surface area contributed by atoms with E-state index in [4.69, 9.17) is 0 Å². The van der Waals surface area contributed by atoms with Gasteiger partial charge in [-0.2, -0.15) is 5.26 Å². The van der Waals surface area contributed by atoms with Crippen molar-refractivity contribution >= 4 is 17.2 Å². The second-order valence-corrected chi connectivity index (χ2v) is 7.84. The lowest BCUT2D eigenvalue weighted by Gasteiger charge is -2.27. The van der Waals surface area contributed by atoms with Crippen molar-refractivity contribution in [2.45, 2.75) is 39.3 Å².